The third-order valence-electron chi connectivity index (χ3n) is 4.20. The summed E-state index contributed by atoms with van der Waals surface area (Å²) < 4.78 is 33.7. The summed E-state index contributed by atoms with van der Waals surface area (Å²) in [6.45, 7) is 2.40. The van der Waals surface area contributed by atoms with Crippen LogP contribution >= 0.6 is 11.8 Å². The van der Waals surface area contributed by atoms with Gasteiger partial charge in [-0.05, 0) is 36.8 Å². The number of halogens is 2. The minimum absolute atomic E-state index is 0.244. The number of nitrogens with zero attached hydrogens (tertiary/aromatic N) is 4. The molecule has 0 bridgehead atoms. The van der Waals surface area contributed by atoms with Gasteiger partial charge in [0, 0.05) is 12.1 Å². The highest BCUT2D eigenvalue weighted by atomic mass is 32.2. The second kappa shape index (κ2) is 8.12. The van der Waals surface area contributed by atoms with E-state index >= 15 is 0 Å². The normalized spacial score (nSPS) is 11.3. The van der Waals surface area contributed by atoms with Crippen molar-refractivity contribution in [3.05, 3.63) is 70.3 Å². The molecule has 0 aliphatic heterocycles. The first-order valence-corrected chi connectivity index (χ1v) is 9.95. The minimum atomic E-state index is -0.476. The third-order valence-corrected chi connectivity index (χ3v) is 5.17. The molecule has 0 radical (unpaired) electrons. The van der Waals surface area contributed by atoms with Gasteiger partial charge in [-0.25, -0.2) is 13.8 Å². The Morgan fingerprint density at radius 1 is 1.10 bits per heavy atom. The van der Waals surface area contributed by atoms with Gasteiger partial charge in [0.25, 0.3) is 5.56 Å². The van der Waals surface area contributed by atoms with Gasteiger partial charge in [-0.3, -0.25) is 9.36 Å². The number of rotatable bonds is 6. The maximum atomic E-state index is 13.5. The lowest BCUT2D eigenvalue weighted by molar-refractivity contribution is 0.391. The van der Waals surface area contributed by atoms with Crippen molar-refractivity contribution < 1.29 is 13.3 Å². The zero-order valence-corrected chi connectivity index (χ0v) is 16.2. The first-order chi connectivity index (χ1) is 14.0. The summed E-state index contributed by atoms with van der Waals surface area (Å²) in [7, 11) is 0. The number of aromatic nitrogens is 4. The maximum absolute atomic E-state index is 13.5. The Bertz CT molecular complexity index is 1240. The van der Waals surface area contributed by atoms with Crippen LogP contribution in [-0.2, 0) is 12.3 Å². The summed E-state index contributed by atoms with van der Waals surface area (Å²) in [6.07, 6.45) is 0.722. The Kier molecular flexibility index (Phi) is 5.39. The van der Waals surface area contributed by atoms with Crippen LogP contribution in [0.25, 0.3) is 22.3 Å². The third kappa shape index (κ3) is 4.04. The summed E-state index contributed by atoms with van der Waals surface area (Å²) >= 11 is 1.27. The number of fused-ring (bicyclic) bond motifs is 1. The first kappa shape index (κ1) is 19.3. The Labute approximate surface area is 168 Å². The lowest BCUT2D eigenvalue weighted by atomic mass is 10.2. The lowest BCUT2D eigenvalue weighted by Gasteiger charge is -2.11. The average Bonchev–Trinajstić information content (AvgIpc) is 3.18. The highest BCUT2D eigenvalue weighted by Crippen LogP contribution is 2.24. The van der Waals surface area contributed by atoms with E-state index < -0.39 is 5.82 Å². The fourth-order valence-corrected chi connectivity index (χ4v) is 3.75. The standard InChI is InChI=1S/C20H16F2N4O2S/c1-2-8-26-19(27)15-10-14(22)6-7-16(15)23-20(26)29-11-17-24-18(25-28-17)12-4-3-5-13(21)9-12/h3-7,9-10H,2,8,11H2,1H3. The molecular formula is C20H16F2N4O2S. The zero-order valence-electron chi connectivity index (χ0n) is 15.4. The first-order valence-electron chi connectivity index (χ1n) is 8.96. The van der Waals surface area contributed by atoms with Gasteiger partial charge in [0.1, 0.15) is 11.6 Å². The van der Waals surface area contributed by atoms with Crippen LogP contribution in [0.1, 0.15) is 19.2 Å². The van der Waals surface area contributed by atoms with E-state index in [2.05, 4.69) is 15.1 Å². The zero-order chi connectivity index (χ0) is 20.4. The number of benzene rings is 2. The number of thioether (sulfide) groups is 1. The predicted molar refractivity (Wildman–Crippen MR) is 106 cm³/mol. The quantitative estimate of drug-likeness (QED) is 0.343. The van der Waals surface area contributed by atoms with Crippen molar-refractivity contribution in [3.8, 4) is 11.4 Å². The van der Waals surface area contributed by atoms with E-state index in [1.54, 1.807) is 12.1 Å². The highest BCUT2D eigenvalue weighted by Gasteiger charge is 2.15. The largest absolute Gasteiger partial charge is 0.338 e. The lowest BCUT2D eigenvalue weighted by Crippen LogP contribution is -2.23. The van der Waals surface area contributed by atoms with E-state index in [-0.39, 0.29) is 28.3 Å². The van der Waals surface area contributed by atoms with Crippen molar-refractivity contribution in [2.75, 3.05) is 0 Å². The molecule has 0 spiro atoms. The van der Waals surface area contributed by atoms with E-state index in [4.69, 9.17) is 4.52 Å². The molecule has 29 heavy (non-hydrogen) atoms. The molecule has 0 saturated heterocycles. The highest BCUT2D eigenvalue weighted by molar-refractivity contribution is 7.98. The van der Waals surface area contributed by atoms with Gasteiger partial charge in [-0.15, -0.1) is 0 Å². The molecule has 6 nitrogen and oxygen atoms in total. The van der Waals surface area contributed by atoms with Gasteiger partial charge in [-0.1, -0.05) is 36.0 Å². The molecule has 2 heterocycles. The van der Waals surface area contributed by atoms with Crippen LogP contribution in [0.15, 0.2) is 56.9 Å². The van der Waals surface area contributed by atoms with Crippen LogP contribution in [-0.4, -0.2) is 19.7 Å². The second-order valence-corrected chi connectivity index (χ2v) is 7.27. The monoisotopic (exact) mass is 414 g/mol. The molecule has 148 valence electrons. The molecular weight excluding hydrogens is 398 g/mol. The van der Waals surface area contributed by atoms with Crippen LogP contribution in [0.4, 0.5) is 8.78 Å². The van der Waals surface area contributed by atoms with Crippen LogP contribution in [0.3, 0.4) is 0 Å². The minimum Gasteiger partial charge on any atom is -0.338 e. The molecule has 0 unspecified atom stereocenters. The number of hydrogen-bond donors (Lipinski definition) is 0. The molecule has 2 aromatic heterocycles. The molecule has 0 fully saturated rings. The van der Waals surface area contributed by atoms with Crippen molar-refractivity contribution in [2.45, 2.75) is 30.8 Å². The topological polar surface area (TPSA) is 73.8 Å². The van der Waals surface area contributed by atoms with Crippen molar-refractivity contribution in [1.82, 2.24) is 19.7 Å². The fourth-order valence-electron chi connectivity index (χ4n) is 2.89. The van der Waals surface area contributed by atoms with E-state index in [0.29, 0.717) is 28.7 Å². The molecule has 0 N–H and O–H groups in total. The van der Waals surface area contributed by atoms with E-state index in [1.165, 1.54) is 46.7 Å². The van der Waals surface area contributed by atoms with Crippen LogP contribution in [0, 0.1) is 11.6 Å². The summed E-state index contributed by atoms with van der Waals surface area (Å²) in [4.78, 5) is 21.6. The Morgan fingerprint density at radius 2 is 1.93 bits per heavy atom. The Morgan fingerprint density at radius 3 is 2.72 bits per heavy atom. The molecule has 0 saturated carbocycles. The molecule has 4 aromatic rings. The Hall–Kier alpha value is -3.07. The summed E-state index contributed by atoms with van der Waals surface area (Å²) in [5.41, 5.74) is 0.654. The smallest absolute Gasteiger partial charge is 0.262 e. The molecule has 0 atom stereocenters. The van der Waals surface area contributed by atoms with Crippen molar-refractivity contribution >= 4 is 22.7 Å². The molecule has 0 aliphatic rings. The van der Waals surface area contributed by atoms with Gasteiger partial charge >= 0.3 is 0 Å². The van der Waals surface area contributed by atoms with Crippen molar-refractivity contribution in [2.24, 2.45) is 0 Å². The fraction of sp³-hybridized carbons (Fsp3) is 0.200. The summed E-state index contributed by atoms with van der Waals surface area (Å²) in [6, 6.07) is 9.89. The second-order valence-electron chi connectivity index (χ2n) is 6.32. The Balaban J connectivity index is 1.62. The van der Waals surface area contributed by atoms with Crippen molar-refractivity contribution in [1.29, 1.82) is 0 Å². The predicted octanol–water partition coefficient (Wildman–Crippen LogP) is 4.43. The SMILES string of the molecule is CCCn1c(SCc2nc(-c3cccc(F)c3)no2)nc2ccc(F)cc2c1=O. The van der Waals surface area contributed by atoms with Crippen LogP contribution in [0.5, 0.6) is 0 Å². The van der Waals surface area contributed by atoms with Gasteiger partial charge in [0.05, 0.1) is 16.7 Å². The average molecular weight is 414 g/mol. The molecule has 0 aliphatic carbocycles. The summed E-state index contributed by atoms with van der Waals surface area (Å²) in [5, 5.41) is 4.61. The van der Waals surface area contributed by atoms with Crippen molar-refractivity contribution in [3.63, 3.8) is 0 Å². The van der Waals surface area contributed by atoms with E-state index in [0.717, 1.165) is 6.42 Å². The van der Waals surface area contributed by atoms with Gasteiger partial charge in [0.15, 0.2) is 5.16 Å². The van der Waals surface area contributed by atoms with E-state index in [9.17, 15) is 13.6 Å². The summed E-state index contributed by atoms with van der Waals surface area (Å²) in [5.74, 6) is 0.0310. The van der Waals surface area contributed by atoms with Gasteiger partial charge in [-0.2, -0.15) is 4.98 Å². The molecule has 0 amide bonds. The molecule has 4 rings (SSSR count). The van der Waals surface area contributed by atoms with E-state index in [1.807, 2.05) is 6.92 Å². The van der Waals surface area contributed by atoms with Gasteiger partial charge in [0.2, 0.25) is 11.7 Å². The van der Waals surface area contributed by atoms with Crippen LogP contribution < -0.4 is 5.56 Å². The molecule has 2 aromatic carbocycles. The number of hydrogen-bond acceptors (Lipinski definition) is 6. The maximum Gasteiger partial charge on any atom is 0.262 e. The van der Waals surface area contributed by atoms with Crippen LogP contribution in [0.2, 0.25) is 0 Å². The van der Waals surface area contributed by atoms with Gasteiger partial charge < -0.3 is 4.52 Å². The molecule has 9 heteroatoms.